The smallest absolute Gasteiger partial charge is 0.339 e. The number of hydrogen-bond donors (Lipinski definition) is 0. The third-order valence-electron chi connectivity index (χ3n) is 3.21. The van der Waals surface area contributed by atoms with Crippen LogP contribution in [0.15, 0.2) is 76.5 Å². The number of hydrogen-bond acceptors (Lipinski definition) is 2. The molecule has 0 N–H and O–H groups in total. The Morgan fingerprint density at radius 1 is 1.00 bits per heavy atom. The van der Waals surface area contributed by atoms with Gasteiger partial charge in [-0.05, 0) is 35.4 Å². The third-order valence-corrected chi connectivity index (χ3v) is 3.73. The molecule has 3 rings (SSSR count). The standard InChI is InChI=1S/C18H13BrO2/c19-16-8-6-14(7-9-16)11-17-12-15(18(20)21-17)10-13-4-2-1-3-5-13/h1-9,11-12H,10H2/b17-11-. The summed E-state index contributed by atoms with van der Waals surface area (Å²) in [5, 5.41) is 0. The molecular formula is C18H13BrO2. The number of carbonyl (C=O) groups excluding carboxylic acids is 1. The van der Waals surface area contributed by atoms with E-state index in [1.165, 1.54) is 0 Å². The van der Waals surface area contributed by atoms with Crippen molar-refractivity contribution in [3.63, 3.8) is 0 Å². The van der Waals surface area contributed by atoms with E-state index in [1.807, 2.05) is 66.7 Å². The van der Waals surface area contributed by atoms with Gasteiger partial charge in [-0.25, -0.2) is 4.79 Å². The highest BCUT2D eigenvalue weighted by molar-refractivity contribution is 9.10. The fourth-order valence-electron chi connectivity index (χ4n) is 2.17. The fourth-order valence-corrected chi connectivity index (χ4v) is 2.43. The first-order valence-electron chi connectivity index (χ1n) is 6.65. The van der Waals surface area contributed by atoms with E-state index in [2.05, 4.69) is 15.9 Å². The van der Waals surface area contributed by atoms with Crippen LogP contribution in [0.5, 0.6) is 0 Å². The fraction of sp³-hybridized carbons (Fsp3) is 0.0556. The van der Waals surface area contributed by atoms with Crippen LogP contribution < -0.4 is 0 Å². The summed E-state index contributed by atoms with van der Waals surface area (Å²) in [5.74, 6) is 0.329. The lowest BCUT2D eigenvalue weighted by molar-refractivity contribution is -0.133. The predicted molar refractivity (Wildman–Crippen MR) is 86.4 cm³/mol. The Hall–Kier alpha value is -2.13. The highest BCUT2D eigenvalue weighted by Gasteiger charge is 2.21. The van der Waals surface area contributed by atoms with E-state index in [0.717, 1.165) is 15.6 Å². The maximum Gasteiger partial charge on any atom is 0.339 e. The van der Waals surface area contributed by atoms with Crippen LogP contribution in [0.1, 0.15) is 11.1 Å². The summed E-state index contributed by atoms with van der Waals surface area (Å²) >= 11 is 3.40. The van der Waals surface area contributed by atoms with Crippen LogP contribution in [0, 0.1) is 0 Å². The van der Waals surface area contributed by atoms with Gasteiger partial charge in [0.25, 0.3) is 0 Å². The number of ether oxygens (including phenoxy) is 1. The Bertz CT molecular complexity index is 713. The Kier molecular flexibility index (Phi) is 4.02. The van der Waals surface area contributed by atoms with E-state index < -0.39 is 0 Å². The van der Waals surface area contributed by atoms with Crippen LogP contribution in [0.25, 0.3) is 6.08 Å². The molecule has 0 aromatic heterocycles. The maximum atomic E-state index is 11.9. The molecule has 0 saturated carbocycles. The zero-order chi connectivity index (χ0) is 14.7. The Labute approximate surface area is 131 Å². The molecule has 0 fully saturated rings. The number of rotatable bonds is 3. The molecule has 21 heavy (non-hydrogen) atoms. The van der Waals surface area contributed by atoms with Crippen LogP contribution in [0.3, 0.4) is 0 Å². The molecule has 2 nitrogen and oxygen atoms in total. The van der Waals surface area contributed by atoms with E-state index in [4.69, 9.17) is 4.74 Å². The van der Waals surface area contributed by atoms with Gasteiger partial charge in [-0.2, -0.15) is 0 Å². The van der Waals surface area contributed by atoms with Gasteiger partial charge < -0.3 is 4.74 Å². The summed E-state index contributed by atoms with van der Waals surface area (Å²) < 4.78 is 6.32. The van der Waals surface area contributed by atoms with Gasteiger partial charge in [0.1, 0.15) is 5.76 Å². The summed E-state index contributed by atoms with van der Waals surface area (Å²) in [5.41, 5.74) is 2.79. The van der Waals surface area contributed by atoms with Crippen molar-refractivity contribution in [3.8, 4) is 0 Å². The molecule has 1 aliphatic rings. The van der Waals surface area contributed by atoms with E-state index in [9.17, 15) is 4.79 Å². The molecule has 0 aliphatic carbocycles. The first-order chi connectivity index (χ1) is 10.2. The van der Waals surface area contributed by atoms with Crippen molar-refractivity contribution in [3.05, 3.63) is 87.6 Å². The van der Waals surface area contributed by atoms with E-state index in [0.29, 0.717) is 17.8 Å². The number of benzene rings is 2. The van der Waals surface area contributed by atoms with E-state index in [1.54, 1.807) is 0 Å². The summed E-state index contributed by atoms with van der Waals surface area (Å²) in [7, 11) is 0. The third kappa shape index (κ3) is 3.50. The largest absolute Gasteiger partial charge is 0.423 e. The lowest BCUT2D eigenvalue weighted by Crippen LogP contribution is -2.01. The molecule has 0 atom stereocenters. The van der Waals surface area contributed by atoms with Crippen LogP contribution >= 0.6 is 15.9 Å². The van der Waals surface area contributed by atoms with Gasteiger partial charge in [-0.15, -0.1) is 0 Å². The number of halogens is 1. The highest BCUT2D eigenvalue weighted by Crippen LogP contribution is 2.23. The van der Waals surface area contributed by atoms with Crippen molar-refractivity contribution in [2.24, 2.45) is 0 Å². The minimum atomic E-state index is -0.262. The maximum absolute atomic E-state index is 11.9. The Balaban J connectivity index is 1.80. The van der Waals surface area contributed by atoms with Crippen molar-refractivity contribution in [2.75, 3.05) is 0 Å². The van der Waals surface area contributed by atoms with Crippen molar-refractivity contribution in [1.82, 2.24) is 0 Å². The monoisotopic (exact) mass is 340 g/mol. The molecule has 0 amide bonds. The van der Waals surface area contributed by atoms with Gasteiger partial charge in [-0.3, -0.25) is 0 Å². The number of esters is 1. The molecular weight excluding hydrogens is 328 g/mol. The predicted octanol–water partition coefficient (Wildman–Crippen LogP) is 4.52. The second-order valence-electron chi connectivity index (χ2n) is 4.82. The molecule has 2 aromatic carbocycles. The first kappa shape index (κ1) is 13.8. The zero-order valence-electron chi connectivity index (χ0n) is 11.3. The van der Waals surface area contributed by atoms with Crippen molar-refractivity contribution < 1.29 is 9.53 Å². The number of cyclic esters (lactones) is 1. The summed E-state index contributed by atoms with van der Waals surface area (Å²) in [6, 6.07) is 17.7. The van der Waals surface area contributed by atoms with E-state index >= 15 is 0 Å². The average Bonchev–Trinajstić information content (AvgIpc) is 2.82. The minimum absolute atomic E-state index is 0.262. The molecule has 2 aromatic rings. The van der Waals surface area contributed by atoms with Gasteiger partial charge in [0.05, 0.1) is 0 Å². The number of carbonyl (C=O) groups is 1. The summed E-state index contributed by atoms with van der Waals surface area (Å²) in [6.45, 7) is 0. The highest BCUT2D eigenvalue weighted by atomic mass is 79.9. The number of allylic oxidation sites excluding steroid dienone is 1. The average molecular weight is 341 g/mol. The van der Waals surface area contributed by atoms with Crippen molar-refractivity contribution in [1.29, 1.82) is 0 Å². The molecule has 0 saturated heterocycles. The topological polar surface area (TPSA) is 26.3 Å². The summed E-state index contributed by atoms with van der Waals surface area (Å²) in [4.78, 5) is 11.9. The van der Waals surface area contributed by atoms with Gasteiger partial charge in [0.2, 0.25) is 0 Å². The normalized spacial score (nSPS) is 16.0. The molecule has 1 aliphatic heterocycles. The van der Waals surface area contributed by atoms with Crippen LogP contribution in [-0.2, 0) is 16.0 Å². The molecule has 0 spiro atoms. The molecule has 104 valence electrons. The Morgan fingerprint density at radius 3 is 2.43 bits per heavy atom. The Morgan fingerprint density at radius 2 is 1.71 bits per heavy atom. The van der Waals surface area contributed by atoms with Crippen molar-refractivity contribution >= 4 is 28.0 Å². The van der Waals surface area contributed by atoms with Gasteiger partial charge in [0, 0.05) is 16.5 Å². The quantitative estimate of drug-likeness (QED) is 0.768. The molecule has 0 bridgehead atoms. The molecule has 1 heterocycles. The van der Waals surface area contributed by atoms with Crippen LogP contribution in [-0.4, -0.2) is 5.97 Å². The molecule has 0 unspecified atom stereocenters. The zero-order valence-corrected chi connectivity index (χ0v) is 12.8. The lowest BCUT2D eigenvalue weighted by atomic mass is 10.1. The van der Waals surface area contributed by atoms with E-state index in [-0.39, 0.29) is 5.97 Å². The second-order valence-corrected chi connectivity index (χ2v) is 5.74. The first-order valence-corrected chi connectivity index (χ1v) is 7.44. The minimum Gasteiger partial charge on any atom is -0.423 e. The lowest BCUT2D eigenvalue weighted by Gasteiger charge is -1.99. The van der Waals surface area contributed by atoms with Gasteiger partial charge in [-0.1, -0.05) is 58.4 Å². The molecule has 0 radical (unpaired) electrons. The summed E-state index contributed by atoms with van der Waals surface area (Å²) in [6.07, 6.45) is 4.27. The van der Waals surface area contributed by atoms with Crippen molar-refractivity contribution in [2.45, 2.75) is 6.42 Å². The van der Waals surface area contributed by atoms with Crippen LogP contribution in [0.4, 0.5) is 0 Å². The van der Waals surface area contributed by atoms with Crippen LogP contribution in [0.2, 0.25) is 0 Å². The molecule has 3 heteroatoms. The SMILES string of the molecule is O=C1O/C(=C\c2ccc(Br)cc2)C=C1Cc1ccccc1. The second kappa shape index (κ2) is 6.10. The van der Waals surface area contributed by atoms with Gasteiger partial charge >= 0.3 is 5.97 Å². The van der Waals surface area contributed by atoms with Gasteiger partial charge in [0.15, 0.2) is 0 Å².